The molecule has 2 atom stereocenters. The van der Waals surface area contributed by atoms with Gasteiger partial charge in [-0.2, -0.15) is 11.8 Å². The van der Waals surface area contributed by atoms with Crippen molar-refractivity contribution in [2.45, 2.75) is 25.3 Å². The van der Waals surface area contributed by atoms with Crippen LogP contribution in [0.3, 0.4) is 0 Å². The highest BCUT2D eigenvalue weighted by Crippen LogP contribution is 2.30. The molecule has 2 unspecified atom stereocenters. The first kappa shape index (κ1) is 10.5. The van der Waals surface area contributed by atoms with Crippen LogP contribution in [-0.2, 0) is 0 Å². The van der Waals surface area contributed by atoms with E-state index < -0.39 is 0 Å². The number of hydrogen-bond donors (Lipinski definition) is 1. The second-order valence-corrected chi connectivity index (χ2v) is 5.69. The topological polar surface area (TPSA) is 38.9 Å². The second-order valence-electron chi connectivity index (χ2n) is 3.74. The van der Waals surface area contributed by atoms with Crippen molar-refractivity contribution < 1.29 is 0 Å². The van der Waals surface area contributed by atoms with E-state index in [0.717, 1.165) is 5.69 Å². The number of nitrogens with zero attached hydrogens (tertiary/aromatic N) is 1. The number of thioether (sulfide) groups is 1. The third-order valence-corrected chi connectivity index (χ3v) is 4.50. The third-order valence-electron chi connectivity index (χ3n) is 2.80. The summed E-state index contributed by atoms with van der Waals surface area (Å²) in [5, 5.41) is 2.09. The predicted molar refractivity (Wildman–Crippen MR) is 63.7 cm³/mol. The highest BCUT2D eigenvalue weighted by Gasteiger charge is 2.21. The summed E-state index contributed by atoms with van der Waals surface area (Å²) in [6, 6.07) is 0.167. The Morgan fingerprint density at radius 1 is 1.43 bits per heavy atom. The smallest absolute Gasteiger partial charge is 0.0795 e. The van der Waals surface area contributed by atoms with E-state index in [1.165, 1.54) is 30.8 Å². The maximum Gasteiger partial charge on any atom is 0.0795 e. The van der Waals surface area contributed by atoms with E-state index in [-0.39, 0.29) is 6.04 Å². The van der Waals surface area contributed by atoms with Crippen molar-refractivity contribution >= 4 is 23.1 Å². The van der Waals surface area contributed by atoms with Gasteiger partial charge in [0, 0.05) is 5.38 Å². The molecule has 0 amide bonds. The number of thiazole rings is 1. The van der Waals surface area contributed by atoms with Crippen LogP contribution in [0.2, 0.25) is 0 Å². The number of aromatic nitrogens is 1. The molecule has 1 saturated heterocycles. The van der Waals surface area contributed by atoms with Crippen LogP contribution in [-0.4, -0.2) is 16.5 Å². The Bertz CT molecular complexity index is 253. The van der Waals surface area contributed by atoms with E-state index in [2.05, 4.69) is 22.1 Å². The molecule has 4 heteroatoms. The number of hydrogen-bond acceptors (Lipinski definition) is 4. The Hall–Kier alpha value is -0.0600. The lowest BCUT2D eigenvalue weighted by atomic mass is 9.91. The standard InChI is InChI=1S/C10H16N2S2/c11-10(9-6-14-7-12-9)8-2-1-4-13-5-3-8/h6-8,10H,1-5,11H2. The van der Waals surface area contributed by atoms with Crippen molar-refractivity contribution in [1.29, 1.82) is 0 Å². The molecule has 0 spiro atoms. The summed E-state index contributed by atoms with van der Waals surface area (Å²) in [4.78, 5) is 4.31. The molecule has 0 aliphatic carbocycles. The minimum absolute atomic E-state index is 0.167. The summed E-state index contributed by atoms with van der Waals surface area (Å²) in [5.41, 5.74) is 9.18. The zero-order chi connectivity index (χ0) is 9.80. The average Bonchev–Trinajstić information content (AvgIpc) is 2.59. The lowest BCUT2D eigenvalue weighted by molar-refractivity contribution is 0.389. The Labute approximate surface area is 93.3 Å². The number of rotatable bonds is 2. The minimum Gasteiger partial charge on any atom is -0.322 e. The lowest BCUT2D eigenvalue weighted by Gasteiger charge is -2.20. The van der Waals surface area contributed by atoms with E-state index in [1.54, 1.807) is 11.3 Å². The summed E-state index contributed by atoms with van der Waals surface area (Å²) in [6.07, 6.45) is 3.84. The van der Waals surface area contributed by atoms with Crippen molar-refractivity contribution in [3.8, 4) is 0 Å². The lowest BCUT2D eigenvalue weighted by Crippen LogP contribution is -2.21. The first-order chi connectivity index (χ1) is 6.88. The van der Waals surface area contributed by atoms with E-state index in [0.29, 0.717) is 5.92 Å². The van der Waals surface area contributed by atoms with Gasteiger partial charge in [0.15, 0.2) is 0 Å². The Kier molecular flexibility index (Phi) is 3.84. The molecule has 2 rings (SSSR count). The van der Waals surface area contributed by atoms with Gasteiger partial charge in [-0.25, -0.2) is 4.98 Å². The molecule has 1 aliphatic heterocycles. The normalized spacial score (nSPS) is 25.6. The second kappa shape index (κ2) is 5.14. The fourth-order valence-corrected chi connectivity index (χ4v) is 3.56. The molecule has 78 valence electrons. The molecule has 1 fully saturated rings. The first-order valence-electron chi connectivity index (χ1n) is 5.09. The Morgan fingerprint density at radius 3 is 3.14 bits per heavy atom. The van der Waals surface area contributed by atoms with E-state index in [1.807, 2.05) is 5.51 Å². The summed E-state index contributed by atoms with van der Waals surface area (Å²) in [6.45, 7) is 0. The van der Waals surface area contributed by atoms with Crippen LogP contribution in [0.5, 0.6) is 0 Å². The van der Waals surface area contributed by atoms with Gasteiger partial charge in [-0.05, 0) is 36.7 Å². The molecule has 1 aromatic heterocycles. The van der Waals surface area contributed by atoms with Crippen molar-refractivity contribution in [1.82, 2.24) is 4.98 Å². The largest absolute Gasteiger partial charge is 0.322 e. The highest BCUT2D eigenvalue weighted by molar-refractivity contribution is 7.99. The van der Waals surface area contributed by atoms with Gasteiger partial charge in [-0.1, -0.05) is 0 Å². The molecule has 0 aromatic carbocycles. The van der Waals surface area contributed by atoms with Gasteiger partial charge in [-0.15, -0.1) is 11.3 Å². The van der Waals surface area contributed by atoms with E-state index in [4.69, 9.17) is 5.73 Å². The zero-order valence-electron chi connectivity index (χ0n) is 8.19. The van der Waals surface area contributed by atoms with Crippen molar-refractivity contribution in [2.24, 2.45) is 11.7 Å². The quantitative estimate of drug-likeness (QED) is 0.846. The Morgan fingerprint density at radius 2 is 2.36 bits per heavy atom. The molecule has 1 aromatic rings. The highest BCUT2D eigenvalue weighted by atomic mass is 32.2. The molecule has 2 N–H and O–H groups in total. The van der Waals surface area contributed by atoms with Crippen molar-refractivity contribution in [2.75, 3.05) is 11.5 Å². The first-order valence-corrected chi connectivity index (χ1v) is 7.19. The monoisotopic (exact) mass is 228 g/mol. The zero-order valence-corrected chi connectivity index (χ0v) is 9.82. The number of nitrogens with two attached hydrogens (primary N) is 1. The molecule has 0 radical (unpaired) electrons. The summed E-state index contributed by atoms with van der Waals surface area (Å²) in [7, 11) is 0. The van der Waals surface area contributed by atoms with Crippen LogP contribution in [0.4, 0.5) is 0 Å². The molecular formula is C10H16N2S2. The van der Waals surface area contributed by atoms with Crippen LogP contribution in [0.1, 0.15) is 31.0 Å². The maximum atomic E-state index is 6.22. The fourth-order valence-electron chi connectivity index (χ4n) is 1.92. The van der Waals surface area contributed by atoms with Gasteiger partial charge >= 0.3 is 0 Å². The summed E-state index contributed by atoms with van der Waals surface area (Å²) < 4.78 is 0. The van der Waals surface area contributed by atoms with E-state index >= 15 is 0 Å². The molecule has 2 nitrogen and oxygen atoms in total. The van der Waals surface area contributed by atoms with Crippen LogP contribution in [0.15, 0.2) is 10.9 Å². The van der Waals surface area contributed by atoms with Crippen LogP contribution < -0.4 is 5.73 Å². The van der Waals surface area contributed by atoms with E-state index in [9.17, 15) is 0 Å². The minimum atomic E-state index is 0.167. The van der Waals surface area contributed by atoms with Gasteiger partial charge < -0.3 is 5.73 Å². The van der Waals surface area contributed by atoms with Gasteiger partial charge in [0.05, 0.1) is 17.2 Å². The Balaban J connectivity index is 1.99. The van der Waals surface area contributed by atoms with Crippen LogP contribution in [0.25, 0.3) is 0 Å². The fraction of sp³-hybridized carbons (Fsp3) is 0.700. The molecule has 0 saturated carbocycles. The molecule has 1 aliphatic rings. The van der Waals surface area contributed by atoms with Crippen molar-refractivity contribution in [3.05, 3.63) is 16.6 Å². The van der Waals surface area contributed by atoms with Gasteiger partial charge in [0.1, 0.15) is 0 Å². The third kappa shape index (κ3) is 2.49. The molecular weight excluding hydrogens is 212 g/mol. The van der Waals surface area contributed by atoms with Gasteiger partial charge in [0.2, 0.25) is 0 Å². The van der Waals surface area contributed by atoms with Gasteiger partial charge in [0.25, 0.3) is 0 Å². The van der Waals surface area contributed by atoms with Crippen LogP contribution in [0, 0.1) is 5.92 Å². The van der Waals surface area contributed by atoms with Gasteiger partial charge in [-0.3, -0.25) is 0 Å². The molecule has 2 heterocycles. The van der Waals surface area contributed by atoms with Crippen molar-refractivity contribution in [3.63, 3.8) is 0 Å². The average molecular weight is 228 g/mol. The molecule has 0 bridgehead atoms. The SMILES string of the molecule is NC(c1cscn1)C1CCCSCC1. The molecule has 14 heavy (non-hydrogen) atoms. The van der Waals surface area contributed by atoms with Crippen LogP contribution >= 0.6 is 23.1 Å². The predicted octanol–water partition coefficient (Wildman–Crippen LogP) is 2.68. The maximum absolute atomic E-state index is 6.22. The summed E-state index contributed by atoms with van der Waals surface area (Å²) in [5.74, 6) is 3.22. The summed E-state index contributed by atoms with van der Waals surface area (Å²) >= 11 is 3.70.